The highest BCUT2D eigenvalue weighted by Crippen LogP contribution is 2.28. The molecule has 0 spiro atoms. The Kier molecular flexibility index (Phi) is 4.80. The van der Waals surface area contributed by atoms with Crippen LogP contribution in [0.25, 0.3) is 0 Å². The number of hydrogen-bond donors (Lipinski definition) is 1. The molecule has 6 heteroatoms. The van der Waals surface area contributed by atoms with E-state index in [0.29, 0.717) is 16.9 Å². The summed E-state index contributed by atoms with van der Waals surface area (Å²) in [5.74, 6) is -0.862. The summed E-state index contributed by atoms with van der Waals surface area (Å²) >= 11 is 0. The molecule has 0 aliphatic heterocycles. The van der Waals surface area contributed by atoms with Gasteiger partial charge >= 0.3 is 5.97 Å². The zero-order valence-corrected chi connectivity index (χ0v) is 12.7. The Balaban J connectivity index is 2.20. The molecule has 1 amide bonds. The average Bonchev–Trinajstić information content (AvgIpc) is 3.28. The zero-order chi connectivity index (χ0) is 16.3. The van der Waals surface area contributed by atoms with Crippen molar-refractivity contribution in [2.24, 2.45) is 0 Å². The number of carboxylic acid groups (broad SMARTS) is 1. The summed E-state index contributed by atoms with van der Waals surface area (Å²) < 4.78 is 5.22. The van der Waals surface area contributed by atoms with Crippen LogP contribution in [0.3, 0.4) is 0 Å². The topological polar surface area (TPSA) is 83.9 Å². The fraction of sp³-hybridized carbons (Fsp3) is 0.438. The fourth-order valence-corrected chi connectivity index (χ4v) is 2.35. The van der Waals surface area contributed by atoms with E-state index in [1.807, 2.05) is 0 Å². The molecule has 1 aromatic carbocycles. The number of methoxy groups -OCH3 is 1. The maximum atomic E-state index is 12.4. The number of benzene rings is 1. The highest BCUT2D eigenvalue weighted by Gasteiger charge is 2.34. The van der Waals surface area contributed by atoms with Gasteiger partial charge in [-0.15, -0.1) is 0 Å². The van der Waals surface area contributed by atoms with Gasteiger partial charge in [0.1, 0.15) is 12.3 Å². The van der Waals surface area contributed by atoms with Crippen molar-refractivity contribution in [3.8, 4) is 5.75 Å². The molecule has 2 rings (SSSR count). The first-order chi connectivity index (χ1) is 10.4. The van der Waals surface area contributed by atoms with Crippen molar-refractivity contribution < 1.29 is 24.2 Å². The number of nitrogens with zero attached hydrogens (tertiary/aromatic N) is 1. The number of carboxylic acids is 1. The van der Waals surface area contributed by atoms with E-state index in [1.165, 1.54) is 18.9 Å². The predicted octanol–water partition coefficient (Wildman–Crippen LogP) is 1.52. The third-order valence-corrected chi connectivity index (χ3v) is 3.64. The Morgan fingerprint density at radius 1 is 1.32 bits per heavy atom. The molecule has 0 bridgehead atoms. The van der Waals surface area contributed by atoms with Gasteiger partial charge in [-0.05, 0) is 38.0 Å². The minimum atomic E-state index is -1.02. The molecule has 1 N–H and O–H groups in total. The van der Waals surface area contributed by atoms with E-state index in [0.717, 1.165) is 12.8 Å². The Morgan fingerprint density at radius 3 is 2.50 bits per heavy atom. The molecule has 1 aromatic rings. The van der Waals surface area contributed by atoms with Crippen molar-refractivity contribution in [3.63, 3.8) is 0 Å². The molecule has 0 unspecified atom stereocenters. The highest BCUT2D eigenvalue weighted by atomic mass is 16.5. The molecular weight excluding hydrogens is 286 g/mol. The Morgan fingerprint density at radius 2 is 2.00 bits per heavy atom. The second kappa shape index (κ2) is 6.60. The first kappa shape index (κ1) is 16.0. The highest BCUT2D eigenvalue weighted by molar-refractivity contribution is 5.95. The lowest BCUT2D eigenvalue weighted by Crippen LogP contribution is -2.38. The molecule has 1 saturated carbocycles. The standard InChI is InChI=1S/C16H19NO5/c1-10(18)11-3-6-14(22-2)12(7-11)8-15(19)17(9-16(20)21)13-4-5-13/h3,6-7,13H,4-5,8-9H2,1-2H3,(H,20,21). The summed E-state index contributed by atoms with van der Waals surface area (Å²) in [6, 6.07) is 4.94. The van der Waals surface area contributed by atoms with Gasteiger partial charge in [-0.1, -0.05) is 0 Å². The van der Waals surface area contributed by atoms with Crippen LogP contribution in [0.2, 0.25) is 0 Å². The fourth-order valence-electron chi connectivity index (χ4n) is 2.35. The van der Waals surface area contributed by atoms with Crippen LogP contribution in [0, 0.1) is 0 Å². The minimum absolute atomic E-state index is 0.0191. The number of Topliss-reactive ketones (excluding diaryl/α,β-unsaturated/α-hetero) is 1. The van der Waals surface area contributed by atoms with Crippen LogP contribution in [0.4, 0.5) is 0 Å². The van der Waals surface area contributed by atoms with Gasteiger partial charge < -0.3 is 14.7 Å². The third-order valence-electron chi connectivity index (χ3n) is 3.64. The molecule has 0 atom stereocenters. The molecule has 118 valence electrons. The molecule has 0 saturated heterocycles. The van der Waals surface area contributed by atoms with Gasteiger partial charge in [0, 0.05) is 17.2 Å². The lowest BCUT2D eigenvalue weighted by molar-refractivity contribution is -0.144. The van der Waals surface area contributed by atoms with Gasteiger partial charge in [-0.2, -0.15) is 0 Å². The van der Waals surface area contributed by atoms with Crippen molar-refractivity contribution in [3.05, 3.63) is 29.3 Å². The first-order valence-electron chi connectivity index (χ1n) is 7.11. The number of hydrogen-bond acceptors (Lipinski definition) is 4. The number of ether oxygens (including phenoxy) is 1. The maximum absolute atomic E-state index is 12.4. The van der Waals surface area contributed by atoms with Crippen molar-refractivity contribution in [1.29, 1.82) is 0 Å². The number of ketones is 1. The lowest BCUT2D eigenvalue weighted by atomic mass is 10.0. The number of amides is 1. The van der Waals surface area contributed by atoms with Crippen LogP contribution >= 0.6 is 0 Å². The molecule has 1 aliphatic carbocycles. The Labute approximate surface area is 128 Å². The van der Waals surface area contributed by atoms with Crippen LogP contribution < -0.4 is 4.74 Å². The van der Waals surface area contributed by atoms with Gasteiger partial charge in [-0.3, -0.25) is 14.4 Å². The first-order valence-corrected chi connectivity index (χ1v) is 7.11. The number of carbonyl (C=O) groups is 3. The number of aliphatic carboxylic acids is 1. The van der Waals surface area contributed by atoms with Gasteiger partial charge in [0.25, 0.3) is 0 Å². The van der Waals surface area contributed by atoms with Crippen molar-refractivity contribution >= 4 is 17.7 Å². The van der Waals surface area contributed by atoms with E-state index in [1.54, 1.807) is 18.2 Å². The second-order valence-electron chi connectivity index (χ2n) is 5.41. The number of rotatable bonds is 7. The van der Waals surface area contributed by atoms with Crippen molar-refractivity contribution in [1.82, 2.24) is 4.90 Å². The molecule has 1 fully saturated rings. The van der Waals surface area contributed by atoms with E-state index in [9.17, 15) is 14.4 Å². The SMILES string of the molecule is COc1ccc(C(C)=O)cc1CC(=O)N(CC(=O)O)C1CC1. The summed E-state index contributed by atoms with van der Waals surface area (Å²) in [5, 5.41) is 8.93. The molecule has 0 aromatic heterocycles. The zero-order valence-electron chi connectivity index (χ0n) is 12.7. The largest absolute Gasteiger partial charge is 0.496 e. The van der Waals surface area contributed by atoms with Crippen LogP contribution in [0.1, 0.15) is 35.7 Å². The summed E-state index contributed by atoms with van der Waals surface area (Å²) in [7, 11) is 1.49. The molecular formula is C16H19NO5. The normalized spacial score (nSPS) is 13.5. The Hall–Kier alpha value is -2.37. The quantitative estimate of drug-likeness (QED) is 0.772. The molecule has 22 heavy (non-hydrogen) atoms. The lowest BCUT2D eigenvalue weighted by Gasteiger charge is -2.21. The summed E-state index contributed by atoms with van der Waals surface area (Å²) in [6.07, 6.45) is 1.70. The Bertz CT molecular complexity index is 607. The van der Waals surface area contributed by atoms with Crippen molar-refractivity contribution in [2.75, 3.05) is 13.7 Å². The van der Waals surface area contributed by atoms with E-state index in [-0.39, 0.29) is 30.7 Å². The smallest absolute Gasteiger partial charge is 0.323 e. The molecule has 6 nitrogen and oxygen atoms in total. The van der Waals surface area contributed by atoms with E-state index < -0.39 is 5.97 Å². The predicted molar refractivity (Wildman–Crippen MR) is 79.1 cm³/mol. The summed E-state index contributed by atoms with van der Waals surface area (Å²) in [5.41, 5.74) is 1.09. The van der Waals surface area contributed by atoms with Crippen molar-refractivity contribution in [2.45, 2.75) is 32.2 Å². The maximum Gasteiger partial charge on any atom is 0.323 e. The second-order valence-corrected chi connectivity index (χ2v) is 5.41. The molecule has 1 aliphatic rings. The van der Waals surface area contributed by atoms with Gasteiger partial charge in [0.05, 0.1) is 13.5 Å². The van der Waals surface area contributed by atoms with Crippen LogP contribution in [0.15, 0.2) is 18.2 Å². The van der Waals surface area contributed by atoms with E-state index in [2.05, 4.69) is 0 Å². The summed E-state index contributed by atoms with van der Waals surface area (Å²) in [6.45, 7) is 1.16. The third kappa shape index (κ3) is 3.84. The number of carbonyl (C=O) groups excluding carboxylic acids is 2. The van der Waals surface area contributed by atoms with Gasteiger partial charge in [0.15, 0.2) is 5.78 Å². The van der Waals surface area contributed by atoms with E-state index in [4.69, 9.17) is 9.84 Å². The van der Waals surface area contributed by atoms with E-state index >= 15 is 0 Å². The molecule has 0 heterocycles. The monoisotopic (exact) mass is 305 g/mol. The van der Waals surface area contributed by atoms with Crippen LogP contribution in [-0.2, 0) is 16.0 Å². The summed E-state index contributed by atoms with van der Waals surface area (Å²) in [4.78, 5) is 36.2. The molecule has 0 radical (unpaired) electrons. The van der Waals surface area contributed by atoms with Gasteiger partial charge in [-0.25, -0.2) is 0 Å². The average molecular weight is 305 g/mol. The minimum Gasteiger partial charge on any atom is -0.496 e. The van der Waals surface area contributed by atoms with Crippen LogP contribution in [0.5, 0.6) is 5.75 Å². The van der Waals surface area contributed by atoms with Crippen LogP contribution in [-0.4, -0.2) is 47.4 Å². The van der Waals surface area contributed by atoms with Gasteiger partial charge in [0.2, 0.25) is 5.91 Å².